The van der Waals surface area contributed by atoms with Crippen LogP contribution in [0.4, 0.5) is 0 Å². The maximum absolute atomic E-state index is 12.7. The first kappa shape index (κ1) is 48.5. The summed E-state index contributed by atoms with van der Waals surface area (Å²) in [5, 5.41) is 5.57. The maximum atomic E-state index is 12.7. The number of unbranched alkanes of at least 4 members (excludes halogenated alkanes) is 28. The number of allylic oxidation sites excluding steroid dienone is 2. The van der Waals surface area contributed by atoms with E-state index in [9.17, 15) is 9.59 Å². The Morgan fingerprint density at radius 1 is 0.520 bits per heavy atom. The van der Waals surface area contributed by atoms with Crippen LogP contribution in [0, 0.1) is 5.41 Å². The topological polar surface area (TPSA) is 110 Å². The molecule has 1 heterocycles. The van der Waals surface area contributed by atoms with E-state index in [0.717, 1.165) is 25.9 Å². The lowest BCUT2D eigenvalue weighted by molar-refractivity contribution is -0.126. The molecule has 1 saturated heterocycles. The summed E-state index contributed by atoms with van der Waals surface area (Å²) in [6.45, 7) is 7.70. The molecule has 1 aliphatic heterocycles. The van der Waals surface area contributed by atoms with Gasteiger partial charge in [-0.25, -0.2) is 0 Å². The van der Waals surface area contributed by atoms with Crippen LogP contribution in [0.25, 0.3) is 0 Å². The highest BCUT2D eigenvalue weighted by Crippen LogP contribution is 2.32. The molecule has 0 aromatic heterocycles. The summed E-state index contributed by atoms with van der Waals surface area (Å²) in [4.78, 5) is 24.7. The largest absolute Gasteiger partial charge is 0.329 e. The van der Waals surface area contributed by atoms with Gasteiger partial charge < -0.3 is 16.8 Å². The fraction of sp³-hybridized carbons (Fsp3) is 0.864. The van der Waals surface area contributed by atoms with Gasteiger partial charge in [0.25, 0.3) is 0 Å². The highest BCUT2D eigenvalue weighted by Gasteiger charge is 2.42. The van der Waals surface area contributed by atoms with Gasteiger partial charge in [-0.2, -0.15) is 0 Å². The number of imide groups is 1. The number of carbonyl (C=O) groups is 2. The second kappa shape index (κ2) is 38.7. The quantitative estimate of drug-likeness (QED) is 0.0295. The predicted molar refractivity (Wildman–Crippen MR) is 219 cm³/mol. The van der Waals surface area contributed by atoms with Crippen molar-refractivity contribution in [3.05, 3.63) is 24.3 Å². The molecule has 6 nitrogen and oxygen atoms in total. The first-order valence-corrected chi connectivity index (χ1v) is 21.9. The van der Waals surface area contributed by atoms with Gasteiger partial charge in [-0.05, 0) is 25.7 Å². The highest BCUT2D eigenvalue weighted by molar-refractivity contribution is 6.08. The summed E-state index contributed by atoms with van der Waals surface area (Å²) in [7, 11) is 0. The molecule has 6 N–H and O–H groups in total. The van der Waals surface area contributed by atoms with Crippen LogP contribution in [0.1, 0.15) is 213 Å². The molecule has 0 atom stereocenters. The molecule has 0 radical (unpaired) electrons. The van der Waals surface area contributed by atoms with Crippen molar-refractivity contribution in [1.82, 2.24) is 10.6 Å². The Kier molecular flexibility index (Phi) is 37.6. The van der Waals surface area contributed by atoms with Gasteiger partial charge in [0.1, 0.15) is 0 Å². The smallest absolute Gasteiger partial charge is 0.240 e. The van der Waals surface area contributed by atoms with Crippen LogP contribution in [0.2, 0.25) is 0 Å². The Morgan fingerprint density at radius 3 is 1.08 bits per heavy atom. The van der Waals surface area contributed by atoms with Crippen molar-refractivity contribution in [3.8, 4) is 0 Å². The molecule has 0 aliphatic carbocycles. The average Bonchev–Trinajstić information content (AvgIpc) is 3.40. The fourth-order valence-electron chi connectivity index (χ4n) is 6.79. The molecule has 1 fully saturated rings. The van der Waals surface area contributed by atoms with Crippen LogP contribution in [0.3, 0.4) is 0 Å². The van der Waals surface area contributed by atoms with Gasteiger partial charge >= 0.3 is 0 Å². The molecular formula is C44H86N4O2. The van der Waals surface area contributed by atoms with Crippen molar-refractivity contribution in [2.75, 3.05) is 26.2 Å². The second-order valence-electron chi connectivity index (χ2n) is 15.0. The van der Waals surface area contributed by atoms with Crippen molar-refractivity contribution in [1.29, 1.82) is 0 Å². The Morgan fingerprint density at radius 2 is 0.820 bits per heavy atom. The minimum atomic E-state index is -0.761. The van der Waals surface area contributed by atoms with E-state index in [1.165, 1.54) is 180 Å². The third kappa shape index (κ3) is 31.3. The number of carbonyl (C=O) groups excluding carboxylic acids is 2. The van der Waals surface area contributed by atoms with Gasteiger partial charge in [-0.15, -0.1) is 0 Å². The summed E-state index contributed by atoms with van der Waals surface area (Å²) >= 11 is 0. The normalized spacial score (nSPS) is 16.1. The van der Waals surface area contributed by atoms with Crippen LogP contribution in [0.5, 0.6) is 0 Å². The number of amides is 2. The molecule has 0 aromatic carbocycles. The number of nitrogens with one attached hydrogen (secondary N) is 2. The summed E-state index contributed by atoms with van der Waals surface area (Å²) in [6.07, 6.45) is 48.9. The van der Waals surface area contributed by atoms with Crippen LogP contribution < -0.4 is 22.1 Å². The monoisotopic (exact) mass is 703 g/mol. The van der Waals surface area contributed by atoms with Gasteiger partial charge in [0, 0.05) is 32.6 Å². The minimum absolute atomic E-state index is 0.146. The predicted octanol–water partition coefficient (Wildman–Crippen LogP) is 11.4. The van der Waals surface area contributed by atoms with Gasteiger partial charge in [0.05, 0.1) is 5.41 Å². The Labute approximate surface area is 311 Å². The zero-order valence-electron chi connectivity index (χ0n) is 33.5. The summed E-state index contributed by atoms with van der Waals surface area (Å²) < 4.78 is 0. The minimum Gasteiger partial charge on any atom is -0.329 e. The molecule has 50 heavy (non-hydrogen) atoms. The van der Waals surface area contributed by atoms with Crippen LogP contribution in [0.15, 0.2) is 24.3 Å². The van der Waals surface area contributed by atoms with Gasteiger partial charge in [0.15, 0.2) is 0 Å². The molecule has 0 unspecified atom stereocenters. The third-order valence-electron chi connectivity index (χ3n) is 10.1. The van der Waals surface area contributed by atoms with Crippen molar-refractivity contribution in [3.63, 3.8) is 0 Å². The van der Waals surface area contributed by atoms with Crippen molar-refractivity contribution < 1.29 is 9.59 Å². The third-order valence-corrected chi connectivity index (χ3v) is 10.1. The van der Waals surface area contributed by atoms with Crippen molar-refractivity contribution in [2.24, 2.45) is 16.9 Å². The van der Waals surface area contributed by atoms with E-state index in [-0.39, 0.29) is 18.2 Å². The maximum Gasteiger partial charge on any atom is 0.240 e. The van der Waals surface area contributed by atoms with E-state index < -0.39 is 5.41 Å². The van der Waals surface area contributed by atoms with E-state index in [1.54, 1.807) is 0 Å². The molecule has 294 valence electrons. The Balaban J connectivity index is 0.00000308. The van der Waals surface area contributed by atoms with Crippen LogP contribution in [-0.4, -0.2) is 38.0 Å². The average molecular weight is 703 g/mol. The molecular weight excluding hydrogens is 617 g/mol. The summed E-state index contributed by atoms with van der Waals surface area (Å²) in [5.41, 5.74) is 9.57. The molecule has 0 aromatic rings. The first-order chi connectivity index (χ1) is 24.6. The van der Waals surface area contributed by atoms with Gasteiger partial charge in [-0.3, -0.25) is 14.9 Å². The number of rotatable bonds is 36. The molecule has 2 amide bonds. The van der Waals surface area contributed by atoms with Crippen molar-refractivity contribution >= 4 is 11.8 Å². The SMILES string of the molecule is CCCCCCCCCCCCCCCCC=CC1(C=CCCCCCCCCCCCCCCCC)CC(=O)NC1=O.NCCNCCN. The number of nitrogens with two attached hydrogens (primary N) is 2. The van der Waals surface area contributed by atoms with Crippen LogP contribution in [-0.2, 0) is 9.59 Å². The van der Waals surface area contributed by atoms with Crippen molar-refractivity contribution in [2.45, 2.75) is 213 Å². The fourth-order valence-corrected chi connectivity index (χ4v) is 6.79. The molecule has 1 rings (SSSR count). The van der Waals surface area contributed by atoms with E-state index in [2.05, 4.69) is 36.6 Å². The van der Waals surface area contributed by atoms with E-state index in [0.29, 0.717) is 13.1 Å². The van der Waals surface area contributed by atoms with Crippen LogP contribution >= 0.6 is 0 Å². The Hall–Kier alpha value is -1.50. The highest BCUT2D eigenvalue weighted by atomic mass is 16.2. The second-order valence-corrected chi connectivity index (χ2v) is 15.0. The number of hydrogen-bond donors (Lipinski definition) is 4. The first-order valence-electron chi connectivity index (χ1n) is 21.9. The molecule has 0 saturated carbocycles. The molecule has 0 spiro atoms. The van der Waals surface area contributed by atoms with E-state index in [4.69, 9.17) is 11.5 Å². The summed E-state index contributed by atoms with van der Waals surface area (Å²) in [6, 6.07) is 0. The molecule has 6 heteroatoms. The number of hydrogen-bond acceptors (Lipinski definition) is 5. The zero-order valence-corrected chi connectivity index (χ0v) is 33.5. The van der Waals surface area contributed by atoms with Gasteiger partial charge in [0.2, 0.25) is 11.8 Å². The zero-order chi connectivity index (χ0) is 36.6. The Bertz CT molecular complexity index is 751. The summed E-state index contributed by atoms with van der Waals surface area (Å²) in [5.74, 6) is -0.292. The van der Waals surface area contributed by atoms with E-state index >= 15 is 0 Å². The lowest BCUT2D eigenvalue weighted by atomic mass is 9.84. The van der Waals surface area contributed by atoms with Gasteiger partial charge in [-0.1, -0.05) is 205 Å². The lowest BCUT2D eigenvalue weighted by Crippen LogP contribution is -2.28. The molecule has 1 aliphatic rings. The lowest BCUT2D eigenvalue weighted by Gasteiger charge is -2.16. The standard InChI is InChI=1S/C40H73NO2.C4H13N3/c1-3-5-7-9-11-13-15-17-19-21-23-25-27-29-31-33-35-40(37-38(42)41-39(40)43)36-34-32-30-28-26-24-22-20-18-16-14-12-10-8-6-4-2;5-1-3-7-4-2-6/h33-36H,3-32,37H2,1-2H3,(H,41,42,43);7H,1-6H2. The molecule has 0 bridgehead atoms. The van der Waals surface area contributed by atoms with E-state index in [1.807, 2.05) is 12.2 Å².